The number of nitrogens with zero attached hydrogens (tertiary/aromatic N) is 2. The lowest BCUT2D eigenvalue weighted by atomic mass is 9.73. The van der Waals surface area contributed by atoms with Crippen LogP contribution in [-0.4, -0.2) is 55.6 Å². The number of hydrogen-bond acceptors (Lipinski definition) is 7. The number of halogens is 2. The van der Waals surface area contributed by atoms with Gasteiger partial charge in [-0.2, -0.15) is 5.10 Å². The number of anilines is 1. The lowest BCUT2D eigenvalue weighted by Crippen LogP contribution is -2.46. The van der Waals surface area contributed by atoms with Crippen molar-refractivity contribution in [2.24, 2.45) is 16.9 Å². The van der Waals surface area contributed by atoms with Gasteiger partial charge in [0.15, 0.2) is 11.5 Å². The highest BCUT2D eigenvalue weighted by molar-refractivity contribution is 6.38. The van der Waals surface area contributed by atoms with Crippen LogP contribution in [0, 0.1) is 11.8 Å². The van der Waals surface area contributed by atoms with E-state index in [4.69, 9.17) is 43.5 Å². The molecule has 2 aromatic rings. The summed E-state index contributed by atoms with van der Waals surface area (Å²) in [6.07, 6.45) is 9.83. The summed E-state index contributed by atoms with van der Waals surface area (Å²) >= 11 is 12.1. The SMILES string of the molecule is COc1ccc(C2=NN(CCCCCCCCNCC(O)c3cc(Cl)c(N)c(Cl)c3)C(=O)[C@H]3CCCC[C@@H]23)cc1OC. The number of hydrazone groups is 1. The van der Waals surface area contributed by atoms with Crippen molar-refractivity contribution in [3.63, 3.8) is 0 Å². The second-order valence-electron chi connectivity index (χ2n) is 11.3. The Hall–Kier alpha value is -2.52. The number of ether oxygens (including phenoxy) is 2. The first-order valence-electron chi connectivity index (χ1n) is 15.1. The van der Waals surface area contributed by atoms with Crippen molar-refractivity contribution in [3.8, 4) is 11.5 Å². The lowest BCUT2D eigenvalue weighted by molar-refractivity contribution is -0.139. The molecule has 1 fully saturated rings. The minimum atomic E-state index is -0.697. The molecule has 0 spiro atoms. The summed E-state index contributed by atoms with van der Waals surface area (Å²) in [5, 5.41) is 21.1. The van der Waals surface area contributed by atoms with E-state index >= 15 is 0 Å². The first kappa shape index (κ1) is 32.4. The molecular weight excluding hydrogens is 575 g/mol. The van der Waals surface area contributed by atoms with E-state index in [1.165, 1.54) is 0 Å². The van der Waals surface area contributed by atoms with Gasteiger partial charge in [0.05, 0.1) is 41.8 Å². The molecule has 1 aliphatic carbocycles. The van der Waals surface area contributed by atoms with Gasteiger partial charge >= 0.3 is 0 Å². The van der Waals surface area contributed by atoms with Crippen molar-refractivity contribution in [2.75, 3.05) is 39.6 Å². The number of fused-ring (bicyclic) bond motifs is 1. The monoisotopic (exact) mass is 618 g/mol. The number of benzene rings is 2. The molecule has 42 heavy (non-hydrogen) atoms. The molecule has 10 heteroatoms. The molecule has 0 aromatic heterocycles. The van der Waals surface area contributed by atoms with Crippen molar-refractivity contribution in [2.45, 2.75) is 70.3 Å². The fraction of sp³-hybridized carbons (Fsp3) is 0.562. The average Bonchev–Trinajstić information content (AvgIpc) is 3.01. The highest BCUT2D eigenvalue weighted by atomic mass is 35.5. The summed E-state index contributed by atoms with van der Waals surface area (Å²) in [5.74, 6) is 1.72. The number of amides is 1. The molecule has 0 bridgehead atoms. The number of unbranched alkanes of at least 4 members (excludes halogenated alkanes) is 5. The Labute approximate surface area is 259 Å². The van der Waals surface area contributed by atoms with Crippen molar-refractivity contribution in [1.82, 2.24) is 10.3 Å². The maximum Gasteiger partial charge on any atom is 0.246 e. The van der Waals surface area contributed by atoms with Gasteiger partial charge in [-0.05, 0) is 68.1 Å². The minimum absolute atomic E-state index is 0.0133. The van der Waals surface area contributed by atoms with Gasteiger partial charge in [-0.25, -0.2) is 5.01 Å². The molecule has 2 aromatic carbocycles. The number of nitrogens with one attached hydrogen (secondary N) is 1. The first-order chi connectivity index (χ1) is 20.3. The molecule has 230 valence electrons. The highest BCUT2D eigenvalue weighted by Crippen LogP contribution is 2.39. The highest BCUT2D eigenvalue weighted by Gasteiger charge is 2.41. The second kappa shape index (κ2) is 15.8. The average molecular weight is 620 g/mol. The molecule has 0 radical (unpaired) electrons. The summed E-state index contributed by atoms with van der Waals surface area (Å²) in [4.78, 5) is 13.3. The molecule has 1 unspecified atom stereocenters. The summed E-state index contributed by atoms with van der Waals surface area (Å²) in [6, 6.07) is 9.23. The molecule has 1 amide bonds. The smallest absolute Gasteiger partial charge is 0.246 e. The number of carbonyl (C=O) groups excluding carboxylic acids is 1. The largest absolute Gasteiger partial charge is 0.493 e. The Morgan fingerprint density at radius 1 is 0.976 bits per heavy atom. The zero-order valence-electron chi connectivity index (χ0n) is 24.7. The normalized spacial score (nSPS) is 19.3. The number of nitrogen functional groups attached to an aromatic ring is 1. The summed E-state index contributed by atoms with van der Waals surface area (Å²) in [7, 11) is 3.27. The van der Waals surface area contributed by atoms with E-state index in [1.54, 1.807) is 31.4 Å². The van der Waals surface area contributed by atoms with Crippen LogP contribution in [0.25, 0.3) is 0 Å². The number of carbonyl (C=O) groups is 1. The van der Waals surface area contributed by atoms with E-state index < -0.39 is 6.10 Å². The van der Waals surface area contributed by atoms with Gasteiger partial charge in [0, 0.05) is 30.5 Å². The number of rotatable bonds is 15. The number of methoxy groups -OCH3 is 2. The van der Waals surface area contributed by atoms with E-state index in [1.807, 2.05) is 18.2 Å². The third-order valence-corrected chi connectivity index (χ3v) is 9.02. The van der Waals surface area contributed by atoms with Crippen LogP contribution in [0.4, 0.5) is 5.69 Å². The molecule has 4 rings (SSSR count). The zero-order valence-corrected chi connectivity index (χ0v) is 26.2. The van der Waals surface area contributed by atoms with E-state index in [-0.39, 0.29) is 17.7 Å². The predicted molar refractivity (Wildman–Crippen MR) is 170 cm³/mol. The number of hydrogen-bond donors (Lipinski definition) is 3. The number of aliphatic hydroxyl groups is 1. The quantitative estimate of drug-likeness (QED) is 0.153. The van der Waals surface area contributed by atoms with Crippen LogP contribution in [0.2, 0.25) is 10.0 Å². The van der Waals surface area contributed by atoms with E-state index in [2.05, 4.69) is 5.32 Å². The molecule has 1 aliphatic heterocycles. The third-order valence-electron chi connectivity index (χ3n) is 8.39. The molecular formula is C32H44Cl2N4O4. The van der Waals surface area contributed by atoms with Gasteiger partial charge in [-0.1, -0.05) is 61.7 Å². The minimum Gasteiger partial charge on any atom is -0.493 e. The van der Waals surface area contributed by atoms with Gasteiger partial charge in [-0.15, -0.1) is 0 Å². The van der Waals surface area contributed by atoms with Crippen molar-refractivity contribution >= 4 is 40.5 Å². The van der Waals surface area contributed by atoms with E-state index in [0.717, 1.165) is 82.0 Å². The van der Waals surface area contributed by atoms with Crippen LogP contribution in [0.1, 0.15) is 81.4 Å². The van der Waals surface area contributed by atoms with Gasteiger partial charge < -0.3 is 25.6 Å². The molecule has 1 heterocycles. The summed E-state index contributed by atoms with van der Waals surface area (Å²) in [5.41, 5.74) is 8.75. The Morgan fingerprint density at radius 3 is 2.31 bits per heavy atom. The molecule has 4 N–H and O–H groups in total. The van der Waals surface area contributed by atoms with E-state index in [0.29, 0.717) is 45.9 Å². The molecule has 2 aliphatic rings. The first-order valence-corrected chi connectivity index (χ1v) is 15.8. The Morgan fingerprint density at radius 2 is 1.62 bits per heavy atom. The predicted octanol–water partition coefficient (Wildman–Crippen LogP) is 6.61. The summed E-state index contributed by atoms with van der Waals surface area (Å²) in [6.45, 7) is 1.90. The second-order valence-corrected chi connectivity index (χ2v) is 12.1. The van der Waals surface area contributed by atoms with Crippen LogP contribution < -0.4 is 20.5 Å². The van der Waals surface area contributed by atoms with Crippen molar-refractivity contribution in [1.29, 1.82) is 0 Å². The lowest BCUT2D eigenvalue weighted by Gasteiger charge is -2.38. The van der Waals surface area contributed by atoms with Gasteiger partial charge in [0.1, 0.15) is 0 Å². The van der Waals surface area contributed by atoms with Crippen LogP contribution in [0.5, 0.6) is 11.5 Å². The maximum atomic E-state index is 13.3. The Bertz CT molecular complexity index is 1220. The fourth-order valence-corrected chi connectivity index (χ4v) is 6.50. The molecule has 8 nitrogen and oxygen atoms in total. The maximum absolute atomic E-state index is 13.3. The van der Waals surface area contributed by atoms with Gasteiger partial charge in [0.25, 0.3) is 0 Å². The topological polar surface area (TPSA) is 109 Å². The zero-order chi connectivity index (χ0) is 30.1. The fourth-order valence-electron chi connectivity index (χ4n) is 6.00. The van der Waals surface area contributed by atoms with Gasteiger partial charge in [-0.3, -0.25) is 4.79 Å². The Balaban J connectivity index is 1.19. The number of nitrogens with two attached hydrogens (primary N) is 1. The number of aliphatic hydroxyl groups excluding tert-OH is 1. The van der Waals surface area contributed by atoms with Crippen LogP contribution in [0.3, 0.4) is 0 Å². The van der Waals surface area contributed by atoms with Gasteiger partial charge in [0.2, 0.25) is 5.91 Å². The van der Waals surface area contributed by atoms with Crippen LogP contribution in [-0.2, 0) is 4.79 Å². The molecule has 0 saturated heterocycles. The standard InChI is InChI=1S/C32H44Cl2N4O4/c1-41-28-14-13-21(19-29(28)42-2)31-23-11-7-8-12-24(23)32(40)38(37-31)16-10-6-4-3-5-9-15-36-20-27(39)22-17-25(33)30(35)26(34)18-22/h13-14,17-19,23-24,27,36,39H,3-12,15-16,20,35H2,1-2H3/t23-,24+,27?/m1/s1. The van der Waals surface area contributed by atoms with Crippen LogP contribution in [0.15, 0.2) is 35.4 Å². The Kier molecular flexibility index (Phi) is 12.2. The van der Waals surface area contributed by atoms with E-state index in [9.17, 15) is 9.90 Å². The summed E-state index contributed by atoms with van der Waals surface area (Å²) < 4.78 is 11.0. The van der Waals surface area contributed by atoms with Crippen molar-refractivity contribution < 1.29 is 19.4 Å². The molecule has 3 atom stereocenters. The molecule has 1 saturated carbocycles. The third kappa shape index (κ3) is 8.10. The van der Waals surface area contributed by atoms with Crippen LogP contribution >= 0.6 is 23.2 Å². The van der Waals surface area contributed by atoms with Crippen molar-refractivity contribution in [3.05, 3.63) is 51.5 Å².